The highest BCUT2D eigenvalue weighted by molar-refractivity contribution is 4.85. The third-order valence-corrected chi connectivity index (χ3v) is 2.93. The Kier molecular flexibility index (Phi) is 5.59. The SMILES string of the molecule is CCC(C)(OC)C(N)CCCC(F)(F)F. The molecule has 15 heavy (non-hydrogen) atoms. The van der Waals surface area contributed by atoms with E-state index >= 15 is 0 Å². The van der Waals surface area contributed by atoms with Crippen molar-refractivity contribution in [1.29, 1.82) is 0 Å². The first-order chi connectivity index (χ1) is 6.75. The van der Waals surface area contributed by atoms with E-state index in [0.717, 1.165) is 0 Å². The van der Waals surface area contributed by atoms with Gasteiger partial charge in [0.1, 0.15) is 0 Å². The average Bonchev–Trinajstić information content (AvgIpc) is 2.14. The van der Waals surface area contributed by atoms with Crippen LogP contribution >= 0.6 is 0 Å². The molecule has 0 radical (unpaired) electrons. The minimum Gasteiger partial charge on any atom is -0.377 e. The Balaban J connectivity index is 3.97. The van der Waals surface area contributed by atoms with Crippen molar-refractivity contribution in [1.82, 2.24) is 0 Å². The van der Waals surface area contributed by atoms with E-state index < -0.39 is 18.2 Å². The molecule has 0 amide bonds. The largest absolute Gasteiger partial charge is 0.389 e. The van der Waals surface area contributed by atoms with E-state index in [1.165, 1.54) is 7.11 Å². The van der Waals surface area contributed by atoms with Crippen LogP contribution in [0.4, 0.5) is 13.2 Å². The van der Waals surface area contributed by atoms with Crippen LogP contribution < -0.4 is 5.73 Å². The molecule has 2 N–H and O–H groups in total. The van der Waals surface area contributed by atoms with Gasteiger partial charge >= 0.3 is 6.18 Å². The molecule has 0 rings (SSSR count). The molecule has 0 heterocycles. The third-order valence-electron chi connectivity index (χ3n) is 2.93. The molecule has 0 spiro atoms. The molecule has 0 aliphatic heterocycles. The minimum atomic E-state index is -4.09. The Hall–Kier alpha value is -0.290. The maximum atomic E-state index is 11.9. The summed E-state index contributed by atoms with van der Waals surface area (Å²) < 4.78 is 40.9. The van der Waals surface area contributed by atoms with Crippen molar-refractivity contribution in [2.75, 3.05) is 7.11 Å². The molecular formula is C10H20F3NO. The normalized spacial score (nSPS) is 18.6. The van der Waals surface area contributed by atoms with Crippen molar-refractivity contribution < 1.29 is 17.9 Å². The van der Waals surface area contributed by atoms with E-state index in [9.17, 15) is 13.2 Å². The first-order valence-corrected chi connectivity index (χ1v) is 5.12. The first kappa shape index (κ1) is 14.7. The second-order valence-electron chi connectivity index (χ2n) is 3.98. The third kappa shape index (κ3) is 5.37. The van der Waals surface area contributed by atoms with Gasteiger partial charge in [-0.15, -0.1) is 0 Å². The van der Waals surface area contributed by atoms with Gasteiger partial charge in [0.15, 0.2) is 0 Å². The number of methoxy groups -OCH3 is 1. The number of halogens is 3. The van der Waals surface area contributed by atoms with E-state index in [1.54, 1.807) is 0 Å². The first-order valence-electron chi connectivity index (χ1n) is 5.12. The Morgan fingerprint density at radius 2 is 1.87 bits per heavy atom. The van der Waals surface area contributed by atoms with Gasteiger partial charge in [-0.25, -0.2) is 0 Å². The molecule has 2 nitrogen and oxygen atoms in total. The molecule has 0 aliphatic rings. The van der Waals surface area contributed by atoms with Crippen molar-refractivity contribution in [3.63, 3.8) is 0 Å². The molecule has 0 aromatic heterocycles. The molecule has 0 saturated heterocycles. The fourth-order valence-corrected chi connectivity index (χ4v) is 1.39. The van der Waals surface area contributed by atoms with Crippen molar-refractivity contribution in [2.24, 2.45) is 5.73 Å². The molecule has 0 fully saturated rings. The molecule has 0 bridgehead atoms. The summed E-state index contributed by atoms with van der Waals surface area (Å²) in [6, 6.07) is -0.352. The lowest BCUT2D eigenvalue weighted by Gasteiger charge is -2.33. The Morgan fingerprint density at radius 1 is 1.33 bits per heavy atom. The minimum absolute atomic E-state index is 0.0591. The van der Waals surface area contributed by atoms with Gasteiger partial charge in [0.05, 0.1) is 5.60 Å². The van der Waals surface area contributed by atoms with E-state index in [0.29, 0.717) is 12.8 Å². The summed E-state index contributed by atoms with van der Waals surface area (Å²) in [6.07, 6.45) is -3.78. The van der Waals surface area contributed by atoms with E-state index in [1.807, 2.05) is 13.8 Å². The molecule has 0 aromatic rings. The van der Waals surface area contributed by atoms with Gasteiger partial charge in [-0.05, 0) is 26.2 Å². The fourth-order valence-electron chi connectivity index (χ4n) is 1.39. The Bertz CT molecular complexity index is 178. The summed E-state index contributed by atoms with van der Waals surface area (Å²) in [5, 5.41) is 0. The summed E-state index contributed by atoms with van der Waals surface area (Å²) in [5.74, 6) is 0. The number of hydrogen-bond acceptors (Lipinski definition) is 2. The number of nitrogens with two attached hydrogens (primary N) is 1. The van der Waals surface area contributed by atoms with Gasteiger partial charge in [0.25, 0.3) is 0 Å². The molecule has 92 valence electrons. The van der Waals surface area contributed by atoms with Gasteiger partial charge in [0, 0.05) is 19.6 Å². The van der Waals surface area contributed by atoms with Crippen LogP contribution in [0.25, 0.3) is 0 Å². The highest BCUT2D eigenvalue weighted by Crippen LogP contribution is 2.26. The van der Waals surface area contributed by atoms with Crippen LogP contribution in [0.1, 0.15) is 39.5 Å². The van der Waals surface area contributed by atoms with Crippen molar-refractivity contribution >= 4 is 0 Å². The maximum absolute atomic E-state index is 11.9. The lowest BCUT2D eigenvalue weighted by molar-refractivity contribution is -0.136. The molecular weight excluding hydrogens is 207 g/mol. The second-order valence-corrected chi connectivity index (χ2v) is 3.98. The highest BCUT2D eigenvalue weighted by Gasteiger charge is 2.31. The van der Waals surface area contributed by atoms with E-state index in [2.05, 4.69) is 0 Å². The van der Waals surface area contributed by atoms with Crippen LogP contribution in [0, 0.1) is 0 Å². The lowest BCUT2D eigenvalue weighted by Crippen LogP contribution is -2.46. The quantitative estimate of drug-likeness (QED) is 0.757. The van der Waals surface area contributed by atoms with Crippen LogP contribution in [0.3, 0.4) is 0 Å². The van der Waals surface area contributed by atoms with Crippen LogP contribution in [0.5, 0.6) is 0 Å². The van der Waals surface area contributed by atoms with Crippen molar-refractivity contribution in [2.45, 2.75) is 57.3 Å². The van der Waals surface area contributed by atoms with Crippen LogP contribution in [0.2, 0.25) is 0 Å². The number of rotatable bonds is 6. The average molecular weight is 227 g/mol. The summed E-state index contributed by atoms with van der Waals surface area (Å²) in [5.41, 5.74) is 5.29. The molecule has 0 aromatic carbocycles. The topological polar surface area (TPSA) is 35.2 Å². The number of hydrogen-bond donors (Lipinski definition) is 1. The zero-order valence-electron chi connectivity index (χ0n) is 9.53. The summed E-state index contributed by atoms with van der Waals surface area (Å²) in [4.78, 5) is 0. The van der Waals surface area contributed by atoms with Crippen LogP contribution in [0.15, 0.2) is 0 Å². The molecule has 0 aliphatic carbocycles. The Morgan fingerprint density at radius 3 is 2.20 bits per heavy atom. The standard InChI is InChI=1S/C10H20F3NO/c1-4-9(2,15-3)8(14)6-5-7-10(11,12)13/h8H,4-7,14H2,1-3H3. The number of ether oxygens (including phenoxy) is 1. The summed E-state index contributed by atoms with van der Waals surface area (Å²) in [7, 11) is 1.53. The van der Waals surface area contributed by atoms with Gasteiger partial charge in [-0.1, -0.05) is 6.92 Å². The molecule has 2 atom stereocenters. The zero-order chi connectivity index (χ0) is 12.1. The second kappa shape index (κ2) is 5.70. The highest BCUT2D eigenvalue weighted by atomic mass is 19.4. The summed E-state index contributed by atoms with van der Waals surface area (Å²) >= 11 is 0. The van der Waals surface area contributed by atoms with Gasteiger partial charge in [-0.2, -0.15) is 13.2 Å². The van der Waals surface area contributed by atoms with E-state index in [4.69, 9.17) is 10.5 Å². The Labute approximate surface area is 89.0 Å². The predicted octanol–water partition coefficient (Wildman–Crippen LogP) is 2.86. The van der Waals surface area contributed by atoms with Gasteiger partial charge in [0.2, 0.25) is 0 Å². The van der Waals surface area contributed by atoms with Crippen molar-refractivity contribution in [3.8, 4) is 0 Å². The number of alkyl halides is 3. The predicted molar refractivity (Wildman–Crippen MR) is 53.6 cm³/mol. The maximum Gasteiger partial charge on any atom is 0.389 e. The van der Waals surface area contributed by atoms with Crippen molar-refractivity contribution in [3.05, 3.63) is 0 Å². The fraction of sp³-hybridized carbons (Fsp3) is 1.00. The molecule has 2 unspecified atom stereocenters. The lowest BCUT2D eigenvalue weighted by atomic mass is 9.90. The van der Waals surface area contributed by atoms with Gasteiger partial charge < -0.3 is 10.5 Å². The van der Waals surface area contributed by atoms with Gasteiger partial charge in [-0.3, -0.25) is 0 Å². The monoisotopic (exact) mass is 227 g/mol. The van der Waals surface area contributed by atoms with Crippen LogP contribution in [-0.4, -0.2) is 24.9 Å². The zero-order valence-corrected chi connectivity index (χ0v) is 9.53. The van der Waals surface area contributed by atoms with Crippen LogP contribution in [-0.2, 0) is 4.74 Å². The molecule has 5 heteroatoms. The van der Waals surface area contributed by atoms with E-state index in [-0.39, 0.29) is 12.5 Å². The molecule has 0 saturated carbocycles. The summed E-state index contributed by atoms with van der Waals surface area (Å²) in [6.45, 7) is 3.73. The smallest absolute Gasteiger partial charge is 0.377 e.